The van der Waals surface area contributed by atoms with E-state index in [-0.39, 0.29) is 18.7 Å². The number of anilines is 1. The van der Waals surface area contributed by atoms with Crippen molar-refractivity contribution in [3.8, 4) is 0 Å². The SMILES string of the molecule is Cc1cc(C(=O)O)cc(NCCOCC(F)F)n1. The lowest BCUT2D eigenvalue weighted by Gasteiger charge is -2.08. The summed E-state index contributed by atoms with van der Waals surface area (Å²) in [6, 6.07) is 2.82. The smallest absolute Gasteiger partial charge is 0.335 e. The van der Waals surface area contributed by atoms with E-state index >= 15 is 0 Å². The van der Waals surface area contributed by atoms with Crippen molar-refractivity contribution in [3.63, 3.8) is 0 Å². The molecule has 1 aromatic heterocycles. The van der Waals surface area contributed by atoms with Crippen molar-refractivity contribution >= 4 is 11.8 Å². The van der Waals surface area contributed by atoms with E-state index in [4.69, 9.17) is 5.11 Å². The topological polar surface area (TPSA) is 71.5 Å². The lowest BCUT2D eigenvalue weighted by molar-refractivity contribution is 0.0214. The molecule has 0 saturated heterocycles. The quantitative estimate of drug-likeness (QED) is 0.731. The summed E-state index contributed by atoms with van der Waals surface area (Å²) in [5.74, 6) is -0.662. The van der Waals surface area contributed by atoms with Crippen LogP contribution in [0.3, 0.4) is 0 Å². The third-order valence-electron chi connectivity index (χ3n) is 2.00. The number of hydrogen-bond acceptors (Lipinski definition) is 4. The first-order valence-electron chi connectivity index (χ1n) is 5.31. The number of alkyl halides is 2. The molecule has 0 unspecified atom stereocenters. The Hall–Kier alpha value is -1.76. The van der Waals surface area contributed by atoms with Crippen LogP contribution < -0.4 is 5.32 Å². The number of ether oxygens (including phenoxy) is 1. The Morgan fingerprint density at radius 3 is 2.89 bits per heavy atom. The zero-order valence-corrected chi connectivity index (χ0v) is 9.82. The predicted molar refractivity (Wildman–Crippen MR) is 61.2 cm³/mol. The average Bonchev–Trinajstić information content (AvgIpc) is 2.27. The first-order valence-corrected chi connectivity index (χ1v) is 5.31. The fourth-order valence-corrected chi connectivity index (χ4v) is 1.31. The number of nitrogens with zero attached hydrogens (tertiary/aromatic N) is 1. The largest absolute Gasteiger partial charge is 0.478 e. The summed E-state index contributed by atoms with van der Waals surface area (Å²) in [7, 11) is 0. The molecule has 0 saturated carbocycles. The minimum absolute atomic E-state index is 0.0996. The normalized spacial score (nSPS) is 10.7. The van der Waals surface area contributed by atoms with Gasteiger partial charge in [0.05, 0.1) is 12.2 Å². The number of nitrogens with one attached hydrogen (secondary N) is 1. The summed E-state index contributed by atoms with van der Waals surface area (Å²) in [6.07, 6.45) is -2.49. The highest BCUT2D eigenvalue weighted by Crippen LogP contribution is 2.09. The van der Waals surface area contributed by atoms with Gasteiger partial charge in [0.25, 0.3) is 6.43 Å². The summed E-state index contributed by atoms with van der Waals surface area (Å²) < 4.78 is 28.2. The molecule has 7 heteroatoms. The van der Waals surface area contributed by atoms with Crippen LogP contribution in [0.1, 0.15) is 16.1 Å². The molecule has 1 aromatic rings. The monoisotopic (exact) mass is 260 g/mol. The number of halogens is 2. The third kappa shape index (κ3) is 5.05. The second kappa shape index (κ2) is 6.85. The number of hydrogen-bond donors (Lipinski definition) is 2. The maximum absolute atomic E-state index is 11.8. The number of aromatic carboxylic acids is 1. The third-order valence-corrected chi connectivity index (χ3v) is 2.00. The number of aromatic nitrogens is 1. The Labute approximate surface area is 103 Å². The summed E-state index contributed by atoms with van der Waals surface area (Å²) in [5, 5.41) is 11.7. The van der Waals surface area contributed by atoms with Gasteiger partial charge in [0.2, 0.25) is 0 Å². The second-order valence-corrected chi connectivity index (χ2v) is 3.58. The lowest BCUT2D eigenvalue weighted by atomic mass is 10.2. The molecule has 0 radical (unpaired) electrons. The Morgan fingerprint density at radius 2 is 2.28 bits per heavy atom. The molecular formula is C11H14F2N2O3. The highest BCUT2D eigenvalue weighted by atomic mass is 19.3. The predicted octanol–water partition coefficient (Wildman–Crippen LogP) is 1.78. The molecule has 0 aliphatic carbocycles. The van der Waals surface area contributed by atoms with E-state index in [1.54, 1.807) is 6.92 Å². The van der Waals surface area contributed by atoms with Gasteiger partial charge in [-0.25, -0.2) is 18.6 Å². The number of pyridine rings is 1. The van der Waals surface area contributed by atoms with Crippen molar-refractivity contribution in [3.05, 3.63) is 23.4 Å². The summed E-state index contributed by atoms with van der Waals surface area (Å²) in [6.45, 7) is 1.44. The molecule has 5 nitrogen and oxygen atoms in total. The van der Waals surface area contributed by atoms with E-state index in [1.165, 1.54) is 12.1 Å². The number of carbonyl (C=O) groups is 1. The van der Waals surface area contributed by atoms with Gasteiger partial charge in [-0.15, -0.1) is 0 Å². The van der Waals surface area contributed by atoms with E-state index < -0.39 is 19.0 Å². The molecule has 1 heterocycles. The van der Waals surface area contributed by atoms with Crippen LogP contribution in [0.2, 0.25) is 0 Å². The molecule has 0 bridgehead atoms. The standard InChI is InChI=1S/C11H14F2N2O3/c1-7-4-8(11(16)17)5-10(15-7)14-2-3-18-6-9(12)13/h4-5,9H,2-3,6H2,1H3,(H,14,15)(H,16,17). The molecule has 0 spiro atoms. The minimum atomic E-state index is -2.49. The first kappa shape index (κ1) is 14.3. The van der Waals surface area contributed by atoms with Gasteiger partial charge in [-0.1, -0.05) is 0 Å². The van der Waals surface area contributed by atoms with Crippen molar-refractivity contribution < 1.29 is 23.4 Å². The molecule has 0 atom stereocenters. The van der Waals surface area contributed by atoms with Crippen LogP contribution in [0.5, 0.6) is 0 Å². The number of aryl methyl sites for hydroxylation is 1. The molecule has 100 valence electrons. The molecule has 0 aliphatic rings. The average molecular weight is 260 g/mol. The van der Waals surface area contributed by atoms with Crippen molar-refractivity contribution in [2.45, 2.75) is 13.3 Å². The number of rotatable bonds is 7. The highest BCUT2D eigenvalue weighted by Gasteiger charge is 2.06. The fourth-order valence-electron chi connectivity index (χ4n) is 1.31. The Kier molecular flexibility index (Phi) is 5.44. The molecule has 0 amide bonds. The molecule has 0 aromatic carbocycles. The molecule has 18 heavy (non-hydrogen) atoms. The van der Waals surface area contributed by atoms with Crippen LogP contribution in [0.15, 0.2) is 12.1 Å². The number of carboxylic acids is 1. The first-order chi connectivity index (χ1) is 8.49. The summed E-state index contributed by atoms with van der Waals surface area (Å²) >= 11 is 0. The molecule has 1 rings (SSSR count). The van der Waals surface area contributed by atoms with Gasteiger partial charge in [0, 0.05) is 12.2 Å². The van der Waals surface area contributed by atoms with E-state index in [2.05, 4.69) is 15.0 Å². The highest BCUT2D eigenvalue weighted by molar-refractivity contribution is 5.88. The van der Waals surface area contributed by atoms with Gasteiger partial charge in [-0.05, 0) is 19.1 Å². The van der Waals surface area contributed by atoms with Crippen LogP contribution in [-0.2, 0) is 4.74 Å². The van der Waals surface area contributed by atoms with E-state index in [0.29, 0.717) is 11.5 Å². The van der Waals surface area contributed by atoms with Crippen LogP contribution in [0.25, 0.3) is 0 Å². The molecular weight excluding hydrogens is 246 g/mol. The van der Waals surface area contributed by atoms with Gasteiger partial charge in [0.1, 0.15) is 12.4 Å². The van der Waals surface area contributed by atoms with Crippen molar-refractivity contribution in [1.29, 1.82) is 0 Å². The number of carboxylic acid groups (broad SMARTS) is 1. The van der Waals surface area contributed by atoms with Gasteiger partial charge in [-0.2, -0.15) is 0 Å². The Balaban J connectivity index is 2.44. The van der Waals surface area contributed by atoms with E-state index in [9.17, 15) is 13.6 Å². The van der Waals surface area contributed by atoms with E-state index in [0.717, 1.165) is 0 Å². The maximum Gasteiger partial charge on any atom is 0.335 e. The van der Waals surface area contributed by atoms with Gasteiger partial charge in [0.15, 0.2) is 0 Å². The minimum Gasteiger partial charge on any atom is -0.478 e. The summed E-state index contributed by atoms with van der Waals surface area (Å²) in [4.78, 5) is 14.9. The van der Waals surface area contributed by atoms with Crippen LogP contribution in [0.4, 0.5) is 14.6 Å². The Bertz CT molecular complexity index is 413. The molecule has 2 N–H and O–H groups in total. The molecule has 0 fully saturated rings. The van der Waals surface area contributed by atoms with Crippen molar-refractivity contribution in [2.75, 3.05) is 25.1 Å². The fraction of sp³-hybridized carbons (Fsp3) is 0.455. The molecule has 0 aliphatic heterocycles. The van der Waals surface area contributed by atoms with Crippen LogP contribution in [-0.4, -0.2) is 42.2 Å². The van der Waals surface area contributed by atoms with Crippen molar-refractivity contribution in [1.82, 2.24) is 4.98 Å². The van der Waals surface area contributed by atoms with Crippen LogP contribution >= 0.6 is 0 Å². The summed E-state index contributed by atoms with van der Waals surface area (Å²) in [5.41, 5.74) is 0.685. The zero-order chi connectivity index (χ0) is 13.5. The van der Waals surface area contributed by atoms with Gasteiger partial charge >= 0.3 is 5.97 Å². The zero-order valence-electron chi connectivity index (χ0n) is 9.82. The second-order valence-electron chi connectivity index (χ2n) is 3.58. The lowest BCUT2D eigenvalue weighted by Crippen LogP contribution is -2.14. The van der Waals surface area contributed by atoms with Gasteiger partial charge < -0.3 is 15.2 Å². The maximum atomic E-state index is 11.8. The Morgan fingerprint density at radius 1 is 1.56 bits per heavy atom. The van der Waals surface area contributed by atoms with Crippen LogP contribution in [0, 0.1) is 6.92 Å². The van der Waals surface area contributed by atoms with E-state index in [1.807, 2.05) is 0 Å². The van der Waals surface area contributed by atoms with Gasteiger partial charge in [-0.3, -0.25) is 0 Å². The van der Waals surface area contributed by atoms with Crippen molar-refractivity contribution in [2.24, 2.45) is 0 Å².